The number of ether oxygens (including phenoxy) is 1. The number of hydrogen-bond acceptors (Lipinski definition) is 4. The number of carbonyl (C=O) groups is 1. The molecule has 156 valence electrons. The lowest BCUT2D eigenvalue weighted by molar-refractivity contribution is -0.118. The number of hydrogen-bond donors (Lipinski definition) is 1. The predicted molar refractivity (Wildman–Crippen MR) is 124 cm³/mol. The van der Waals surface area contributed by atoms with E-state index in [-0.39, 0.29) is 12.5 Å². The molecule has 3 aromatic carbocycles. The Morgan fingerprint density at radius 3 is 2.47 bits per heavy atom. The van der Waals surface area contributed by atoms with Crippen LogP contribution in [0.3, 0.4) is 0 Å². The maximum Gasteiger partial charge on any atom is 0.262 e. The molecule has 1 aliphatic heterocycles. The Bertz CT molecular complexity index is 1030. The van der Waals surface area contributed by atoms with Crippen LogP contribution >= 0.6 is 0 Å². The first kappa shape index (κ1) is 20.2. The molecule has 0 spiro atoms. The second kappa shape index (κ2) is 9.18. The summed E-state index contributed by atoms with van der Waals surface area (Å²) in [6.45, 7) is 9.68. The van der Waals surface area contributed by atoms with Crippen molar-refractivity contribution in [3.8, 4) is 5.75 Å². The third-order valence-electron chi connectivity index (χ3n) is 5.73. The van der Waals surface area contributed by atoms with Gasteiger partial charge in [0.25, 0.3) is 5.91 Å². The molecule has 0 aliphatic carbocycles. The van der Waals surface area contributed by atoms with E-state index in [2.05, 4.69) is 41.1 Å². The molecule has 1 fully saturated rings. The summed E-state index contributed by atoms with van der Waals surface area (Å²) < 4.78 is 5.69. The standard InChI is InChI=1S/C25H29N3O2/c1-3-27-12-14-28(15-13-27)24-11-9-22(16-19(24)2)26-25(29)18-30-23-10-8-20-6-4-5-7-21(20)17-23/h4-11,16-17H,3,12-15,18H2,1-2H3,(H,26,29). The minimum Gasteiger partial charge on any atom is -0.484 e. The maximum absolute atomic E-state index is 12.4. The molecular weight excluding hydrogens is 374 g/mol. The van der Waals surface area contributed by atoms with E-state index in [1.807, 2.05) is 48.5 Å². The lowest BCUT2D eigenvalue weighted by Gasteiger charge is -2.36. The van der Waals surface area contributed by atoms with Gasteiger partial charge in [-0.2, -0.15) is 0 Å². The number of nitrogens with one attached hydrogen (secondary N) is 1. The largest absolute Gasteiger partial charge is 0.484 e. The number of fused-ring (bicyclic) bond motifs is 1. The Labute approximate surface area is 178 Å². The molecule has 1 heterocycles. The van der Waals surface area contributed by atoms with E-state index in [1.54, 1.807) is 0 Å². The van der Waals surface area contributed by atoms with Gasteiger partial charge in [-0.05, 0) is 60.1 Å². The average Bonchev–Trinajstić information content (AvgIpc) is 2.78. The van der Waals surface area contributed by atoms with Gasteiger partial charge in [0, 0.05) is 37.6 Å². The average molecular weight is 404 g/mol. The Balaban J connectivity index is 1.33. The van der Waals surface area contributed by atoms with Crippen LogP contribution in [0.2, 0.25) is 0 Å². The van der Waals surface area contributed by atoms with Crippen molar-refractivity contribution in [2.45, 2.75) is 13.8 Å². The highest BCUT2D eigenvalue weighted by Crippen LogP contribution is 2.25. The molecule has 4 rings (SSSR count). The summed E-state index contributed by atoms with van der Waals surface area (Å²) in [5.74, 6) is 0.536. The third kappa shape index (κ3) is 4.74. The normalized spacial score (nSPS) is 14.7. The Morgan fingerprint density at radius 1 is 0.967 bits per heavy atom. The van der Waals surface area contributed by atoms with E-state index in [0.29, 0.717) is 5.75 Å². The topological polar surface area (TPSA) is 44.8 Å². The van der Waals surface area contributed by atoms with Crippen molar-refractivity contribution in [1.29, 1.82) is 0 Å². The fourth-order valence-corrected chi connectivity index (χ4v) is 4.00. The van der Waals surface area contributed by atoms with E-state index in [4.69, 9.17) is 4.74 Å². The number of benzene rings is 3. The number of amides is 1. The highest BCUT2D eigenvalue weighted by atomic mass is 16.5. The number of aryl methyl sites for hydroxylation is 1. The van der Waals surface area contributed by atoms with Gasteiger partial charge in [-0.1, -0.05) is 37.3 Å². The summed E-state index contributed by atoms with van der Waals surface area (Å²) in [4.78, 5) is 17.3. The van der Waals surface area contributed by atoms with Gasteiger partial charge in [0.05, 0.1) is 0 Å². The first-order valence-corrected chi connectivity index (χ1v) is 10.6. The molecule has 0 radical (unpaired) electrons. The lowest BCUT2D eigenvalue weighted by atomic mass is 10.1. The maximum atomic E-state index is 12.4. The van der Waals surface area contributed by atoms with Crippen LogP contribution in [-0.4, -0.2) is 50.1 Å². The zero-order chi connectivity index (χ0) is 20.9. The molecule has 0 atom stereocenters. The van der Waals surface area contributed by atoms with Crippen LogP contribution in [0.1, 0.15) is 12.5 Å². The molecule has 3 aromatic rings. The Hall–Kier alpha value is -3.05. The van der Waals surface area contributed by atoms with Crippen LogP contribution in [0, 0.1) is 6.92 Å². The minimum absolute atomic E-state index is 0.0158. The van der Waals surface area contributed by atoms with E-state index in [1.165, 1.54) is 11.3 Å². The van der Waals surface area contributed by atoms with E-state index >= 15 is 0 Å². The van der Waals surface area contributed by atoms with Gasteiger partial charge < -0.3 is 19.9 Å². The van der Waals surface area contributed by atoms with Crippen molar-refractivity contribution >= 4 is 28.1 Å². The molecule has 0 saturated carbocycles. The first-order chi connectivity index (χ1) is 14.6. The number of nitrogens with zero attached hydrogens (tertiary/aromatic N) is 2. The zero-order valence-corrected chi connectivity index (χ0v) is 17.7. The highest BCUT2D eigenvalue weighted by Gasteiger charge is 2.17. The first-order valence-electron chi connectivity index (χ1n) is 10.6. The summed E-state index contributed by atoms with van der Waals surface area (Å²) >= 11 is 0. The Kier molecular flexibility index (Phi) is 6.19. The zero-order valence-electron chi connectivity index (χ0n) is 17.7. The SMILES string of the molecule is CCN1CCN(c2ccc(NC(=O)COc3ccc4ccccc4c3)cc2C)CC1. The summed E-state index contributed by atoms with van der Waals surface area (Å²) in [5, 5.41) is 5.20. The number of likely N-dealkylation sites (N-methyl/N-ethyl adjacent to an activating group) is 1. The molecule has 0 bridgehead atoms. The van der Waals surface area contributed by atoms with Gasteiger partial charge in [0.15, 0.2) is 6.61 Å². The fourth-order valence-electron chi connectivity index (χ4n) is 4.00. The van der Waals surface area contributed by atoms with Crippen molar-refractivity contribution in [2.24, 2.45) is 0 Å². The molecular formula is C25H29N3O2. The van der Waals surface area contributed by atoms with E-state index in [9.17, 15) is 4.79 Å². The Morgan fingerprint density at radius 2 is 1.73 bits per heavy atom. The molecule has 0 unspecified atom stereocenters. The van der Waals surface area contributed by atoms with Crippen LogP contribution in [0.25, 0.3) is 10.8 Å². The lowest BCUT2D eigenvalue weighted by Crippen LogP contribution is -2.46. The molecule has 1 aliphatic rings. The van der Waals surface area contributed by atoms with Gasteiger partial charge in [0.2, 0.25) is 0 Å². The van der Waals surface area contributed by atoms with Gasteiger partial charge >= 0.3 is 0 Å². The second-order valence-electron chi connectivity index (χ2n) is 7.77. The van der Waals surface area contributed by atoms with Gasteiger partial charge in [-0.3, -0.25) is 4.79 Å². The molecule has 1 N–H and O–H groups in total. The summed E-state index contributed by atoms with van der Waals surface area (Å²) in [6, 6.07) is 20.1. The van der Waals surface area contributed by atoms with Crippen molar-refractivity contribution < 1.29 is 9.53 Å². The predicted octanol–water partition coefficient (Wildman–Crippen LogP) is 4.31. The van der Waals surface area contributed by atoms with Crippen LogP contribution in [-0.2, 0) is 4.79 Å². The minimum atomic E-state index is -0.160. The number of carbonyl (C=O) groups excluding carboxylic acids is 1. The molecule has 1 saturated heterocycles. The third-order valence-corrected chi connectivity index (χ3v) is 5.73. The van der Waals surface area contributed by atoms with Crippen molar-refractivity contribution in [1.82, 2.24) is 4.90 Å². The molecule has 30 heavy (non-hydrogen) atoms. The van der Waals surface area contributed by atoms with Crippen LogP contribution in [0.4, 0.5) is 11.4 Å². The van der Waals surface area contributed by atoms with Gasteiger partial charge in [-0.15, -0.1) is 0 Å². The smallest absolute Gasteiger partial charge is 0.262 e. The molecule has 1 amide bonds. The van der Waals surface area contributed by atoms with Gasteiger partial charge in [-0.25, -0.2) is 0 Å². The van der Waals surface area contributed by atoms with Gasteiger partial charge in [0.1, 0.15) is 5.75 Å². The van der Waals surface area contributed by atoms with Crippen molar-refractivity contribution in [2.75, 3.05) is 49.5 Å². The van der Waals surface area contributed by atoms with E-state index < -0.39 is 0 Å². The van der Waals surface area contributed by atoms with Crippen LogP contribution in [0.15, 0.2) is 60.7 Å². The van der Waals surface area contributed by atoms with Crippen LogP contribution < -0.4 is 15.0 Å². The highest BCUT2D eigenvalue weighted by molar-refractivity contribution is 5.92. The monoisotopic (exact) mass is 403 g/mol. The molecule has 0 aromatic heterocycles. The summed E-state index contributed by atoms with van der Waals surface area (Å²) in [5.41, 5.74) is 3.22. The quantitative estimate of drug-likeness (QED) is 0.666. The number of rotatable bonds is 6. The number of piperazine rings is 1. The second-order valence-corrected chi connectivity index (χ2v) is 7.77. The molecule has 5 nitrogen and oxygen atoms in total. The van der Waals surface area contributed by atoms with E-state index in [0.717, 1.165) is 49.2 Å². The van der Waals surface area contributed by atoms with Crippen molar-refractivity contribution in [3.05, 3.63) is 66.2 Å². The summed E-state index contributed by atoms with van der Waals surface area (Å²) in [6.07, 6.45) is 0. The molecule has 5 heteroatoms. The summed E-state index contributed by atoms with van der Waals surface area (Å²) in [7, 11) is 0. The van der Waals surface area contributed by atoms with Crippen LogP contribution in [0.5, 0.6) is 5.75 Å². The fraction of sp³-hybridized carbons (Fsp3) is 0.320. The number of anilines is 2. The van der Waals surface area contributed by atoms with Crippen molar-refractivity contribution in [3.63, 3.8) is 0 Å².